The minimum atomic E-state index is -0.731. The number of benzene rings is 1. The molecule has 1 heterocycles. The molecule has 0 atom stereocenters. The number of rotatable bonds is 5. The van der Waals surface area contributed by atoms with Crippen molar-refractivity contribution in [2.24, 2.45) is 0 Å². The maximum Gasteiger partial charge on any atom is 0.359 e. The van der Waals surface area contributed by atoms with Gasteiger partial charge in [-0.3, -0.25) is 14.6 Å². The van der Waals surface area contributed by atoms with Crippen LogP contribution in [-0.2, 0) is 9.53 Å². The van der Waals surface area contributed by atoms with Crippen molar-refractivity contribution in [1.82, 2.24) is 14.9 Å². The zero-order valence-electron chi connectivity index (χ0n) is 13.2. The highest BCUT2D eigenvalue weighted by Gasteiger charge is 2.12. The summed E-state index contributed by atoms with van der Waals surface area (Å²) in [5.74, 6) is -1.37. The first-order valence-electron chi connectivity index (χ1n) is 7.02. The summed E-state index contributed by atoms with van der Waals surface area (Å²) in [6.07, 6.45) is 4.03. The molecule has 1 N–H and O–H groups in total. The second kappa shape index (κ2) is 7.82. The summed E-state index contributed by atoms with van der Waals surface area (Å²) in [4.78, 5) is 44.1. The van der Waals surface area contributed by atoms with E-state index in [1.54, 1.807) is 38.4 Å². The molecule has 0 radical (unpaired) electrons. The fraction of sp³-hybridized carbons (Fsp3) is 0.188. The topological polar surface area (TPSA) is 101 Å². The Hall–Kier alpha value is -3.29. The standard InChI is InChI=1S/C16H16N4O4/c1-20(2)15(22)11-3-5-12(6-4-11)19-14(21)10-24-16(23)13-9-17-7-8-18-13/h3-9H,10H2,1-2H3,(H,19,21). The molecule has 8 heteroatoms. The summed E-state index contributed by atoms with van der Waals surface area (Å²) in [6.45, 7) is -0.451. The predicted molar refractivity (Wildman–Crippen MR) is 85.4 cm³/mol. The van der Waals surface area contributed by atoms with Crippen molar-refractivity contribution in [3.63, 3.8) is 0 Å². The van der Waals surface area contributed by atoms with E-state index in [4.69, 9.17) is 4.74 Å². The molecule has 0 saturated heterocycles. The Balaban J connectivity index is 1.86. The van der Waals surface area contributed by atoms with Gasteiger partial charge in [0.05, 0.1) is 6.20 Å². The summed E-state index contributed by atoms with van der Waals surface area (Å²) < 4.78 is 4.84. The Labute approximate surface area is 138 Å². The van der Waals surface area contributed by atoms with Crippen molar-refractivity contribution < 1.29 is 19.1 Å². The van der Waals surface area contributed by atoms with Crippen LogP contribution in [0.5, 0.6) is 0 Å². The third kappa shape index (κ3) is 4.60. The van der Waals surface area contributed by atoms with Crippen LogP contribution in [0.15, 0.2) is 42.9 Å². The smallest absolute Gasteiger partial charge is 0.359 e. The van der Waals surface area contributed by atoms with Gasteiger partial charge in [-0.1, -0.05) is 0 Å². The first-order valence-corrected chi connectivity index (χ1v) is 7.02. The van der Waals surface area contributed by atoms with Gasteiger partial charge in [0.15, 0.2) is 12.3 Å². The molecule has 0 aliphatic heterocycles. The van der Waals surface area contributed by atoms with Gasteiger partial charge in [-0.25, -0.2) is 9.78 Å². The van der Waals surface area contributed by atoms with Crippen LogP contribution in [-0.4, -0.2) is 53.4 Å². The van der Waals surface area contributed by atoms with E-state index in [0.29, 0.717) is 11.3 Å². The summed E-state index contributed by atoms with van der Waals surface area (Å²) in [5, 5.41) is 2.57. The van der Waals surface area contributed by atoms with Crippen LogP contribution in [0.3, 0.4) is 0 Å². The molecule has 0 aliphatic rings. The number of carbonyl (C=O) groups excluding carboxylic acids is 3. The summed E-state index contributed by atoms with van der Waals surface area (Å²) in [7, 11) is 3.31. The maximum absolute atomic E-state index is 11.8. The number of esters is 1. The van der Waals surface area contributed by atoms with Gasteiger partial charge in [-0.2, -0.15) is 0 Å². The normalized spacial score (nSPS) is 9.92. The molecule has 0 spiro atoms. The number of carbonyl (C=O) groups is 3. The van der Waals surface area contributed by atoms with E-state index in [9.17, 15) is 14.4 Å². The minimum Gasteiger partial charge on any atom is -0.451 e. The van der Waals surface area contributed by atoms with Crippen LogP contribution in [0.25, 0.3) is 0 Å². The van der Waals surface area contributed by atoms with Crippen molar-refractivity contribution >= 4 is 23.5 Å². The van der Waals surface area contributed by atoms with E-state index >= 15 is 0 Å². The van der Waals surface area contributed by atoms with Crippen molar-refractivity contribution in [1.29, 1.82) is 0 Å². The summed E-state index contributed by atoms with van der Waals surface area (Å²) in [5.41, 5.74) is 1.02. The van der Waals surface area contributed by atoms with Crippen LogP contribution >= 0.6 is 0 Å². The number of hydrogen-bond acceptors (Lipinski definition) is 6. The zero-order valence-corrected chi connectivity index (χ0v) is 13.2. The van der Waals surface area contributed by atoms with Crippen LogP contribution in [0, 0.1) is 0 Å². The van der Waals surface area contributed by atoms with Gasteiger partial charge in [-0.15, -0.1) is 0 Å². The molecule has 0 saturated carbocycles. The lowest BCUT2D eigenvalue weighted by Crippen LogP contribution is -2.22. The molecule has 2 amide bonds. The number of anilines is 1. The first-order chi connectivity index (χ1) is 11.5. The molecule has 2 aromatic rings. The summed E-state index contributed by atoms with van der Waals surface area (Å²) in [6, 6.07) is 6.39. The average molecular weight is 328 g/mol. The van der Waals surface area contributed by atoms with Crippen LogP contribution < -0.4 is 5.32 Å². The van der Waals surface area contributed by atoms with Crippen molar-refractivity contribution in [3.8, 4) is 0 Å². The van der Waals surface area contributed by atoms with Gasteiger partial charge in [0.2, 0.25) is 0 Å². The van der Waals surface area contributed by atoms with E-state index in [-0.39, 0.29) is 11.6 Å². The Bertz CT molecular complexity index is 730. The first kappa shape index (κ1) is 17.1. The summed E-state index contributed by atoms with van der Waals surface area (Å²) >= 11 is 0. The Morgan fingerprint density at radius 1 is 1.12 bits per heavy atom. The van der Waals surface area contributed by atoms with Gasteiger partial charge in [0.1, 0.15) is 0 Å². The highest BCUT2D eigenvalue weighted by Crippen LogP contribution is 2.10. The SMILES string of the molecule is CN(C)C(=O)c1ccc(NC(=O)COC(=O)c2cnccn2)cc1. The van der Waals surface area contributed by atoms with Gasteiger partial charge in [0, 0.05) is 37.7 Å². The quantitative estimate of drug-likeness (QED) is 0.821. The fourth-order valence-corrected chi connectivity index (χ4v) is 1.76. The Morgan fingerprint density at radius 2 is 1.83 bits per heavy atom. The van der Waals surface area contributed by atoms with E-state index in [2.05, 4.69) is 15.3 Å². The van der Waals surface area contributed by atoms with Gasteiger partial charge < -0.3 is 15.0 Å². The van der Waals surface area contributed by atoms with Gasteiger partial charge in [0.25, 0.3) is 11.8 Å². The molecule has 0 fully saturated rings. The lowest BCUT2D eigenvalue weighted by atomic mass is 10.2. The monoisotopic (exact) mass is 328 g/mol. The number of aromatic nitrogens is 2. The maximum atomic E-state index is 11.8. The minimum absolute atomic E-state index is 0.0249. The molecule has 2 rings (SSSR count). The largest absolute Gasteiger partial charge is 0.451 e. The highest BCUT2D eigenvalue weighted by atomic mass is 16.5. The molecule has 8 nitrogen and oxygen atoms in total. The molecule has 1 aromatic carbocycles. The van der Waals surface area contributed by atoms with Gasteiger partial charge in [-0.05, 0) is 24.3 Å². The van der Waals surface area contributed by atoms with Crippen LogP contribution in [0.1, 0.15) is 20.8 Å². The molecule has 24 heavy (non-hydrogen) atoms. The third-order valence-electron chi connectivity index (χ3n) is 2.93. The second-order valence-corrected chi connectivity index (χ2v) is 4.99. The average Bonchev–Trinajstić information content (AvgIpc) is 2.60. The lowest BCUT2D eigenvalue weighted by Gasteiger charge is -2.11. The fourth-order valence-electron chi connectivity index (χ4n) is 1.76. The molecule has 0 bridgehead atoms. The molecule has 0 aliphatic carbocycles. The van der Waals surface area contributed by atoms with Gasteiger partial charge >= 0.3 is 5.97 Å². The number of amides is 2. The number of ether oxygens (including phenoxy) is 1. The van der Waals surface area contributed by atoms with Crippen LogP contribution in [0.2, 0.25) is 0 Å². The lowest BCUT2D eigenvalue weighted by molar-refractivity contribution is -0.119. The number of nitrogens with zero attached hydrogens (tertiary/aromatic N) is 3. The second-order valence-electron chi connectivity index (χ2n) is 4.99. The van der Waals surface area contributed by atoms with E-state index in [1.807, 2.05) is 0 Å². The predicted octanol–water partition coefficient (Wildman–Crippen LogP) is 0.974. The van der Waals surface area contributed by atoms with Crippen molar-refractivity contribution in [2.45, 2.75) is 0 Å². The molecule has 0 unspecified atom stereocenters. The molecule has 124 valence electrons. The highest BCUT2D eigenvalue weighted by molar-refractivity contribution is 5.96. The molecular weight excluding hydrogens is 312 g/mol. The van der Waals surface area contributed by atoms with E-state index < -0.39 is 18.5 Å². The van der Waals surface area contributed by atoms with E-state index in [0.717, 1.165) is 0 Å². The Morgan fingerprint density at radius 3 is 2.42 bits per heavy atom. The Kier molecular flexibility index (Phi) is 5.56. The van der Waals surface area contributed by atoms with Crippen molar-refractivity contribution in [3.05, 3.63) is 54.1 Å². The number of hydrogen-bond donors (Lipinski definition) is 1. The van der Waals surface area contributed by atoms with Crippen LogP contribution in [0.4, 0.5) is 5.69 Å². The zero-order chi connectivity index (χ0) is 17.5. The molecule has 1 aromatic heterocycles. The van der Waals surface area contributed by atoms with Crippen molar-refractivity contribution in [2.75, 3.05) is 26.0 Å². The van der Waals surface area contributed by atoms with E-state index in [1.165, 1.54) is 23.5 Å². The molecular formula is C16H16N4O4. The number of nitrogens with one attached hydrogen (secondary N) is 1. The third-order valence-corrected chi connectivity index (χ3v) is 2.93.